The number of nitrogens with one attached hydrogen (secondary N) is 1. The van der Waals surface area contributed by atoms with Crippen molar-refractivity contribution in [2.75, 3.05) is 6.54 Å². The van der Waals surface area contributed by atoms with E-state index in [-0.39, 0.29) is 5.41 Å². The lowest BCUT2D eigenvalue weighted by Gasteiger charge is -2.21. The molecule has 100 valence electrons. The van der Waals surface area contributed by atoms with Gasteiger partial charge in [0.15, 0.2) is 0 Å². The van der Waals surface area contributed by atoms with Gasteiger partial charge >= 0.3 is 0 Å². The van der Waals surface area contributed by atoms with Crippen LogP contribution < -0.4 is 5.32 Å². The molecule has 0 saturated heterocycles. The fourth-order valence-corrected chi connectivity index (χ4v) is 2.83. The summed E-state index contributed by atoms with van der Waals surface area (Å²) in [6.45, 7) is 11.5. The van der Waals surface area contributed by atoms with Crippen LogP contribution in [0, 0.1) is 11.8 Å². The van der Waals surface area contributed by atoms with Crippen LogP contribution in [0.2, 0.25) is 0 Å². The van der Waals surface area contributed by atoms with E-state index in [0.29, 0.717) is 6.04 Å². The highest BCUT2D eigenvalue weighted by Gasteiger charge is 2.26. The third kappa shape index (κ3) is 4.08. The van der Waals surface area contributed by atoms with Crippen molar-refractivity contribution in [1.82, 2.24) is 14.9 Å². The maximum atomic E-state index is 4.31. The lowest BCUT2D eigenvalue weighted by atomic mass is 9.89. The van der Waals surface area contributed by atoms with Crippen LogP contribution in [0.15, 0.2) is 0 Å². The van der Waals surface area contributed by atoms with Crippen LogP contribution in [0.4, 0.5) is 0 Å². The molecule has 1 atom stereocenters. The van der Waals surface area contributed by atoms with Crippen molar-refractivity contribution in [3.63, 3.8) is 0 Å². The van der Waals surface area contributed by atoms with Gasteiger partial charge in [-0.3, -0.25) is 0 Å². The van der Waals surface area contributed by atoms with Gasteiger partial charge in [-0.2, -0.15) is 0 Å². The van der Waals surface area contributed by atoms with Gasteiger partial charge in [-0.25, -0.2) is 0 Å². The quantitative estimate of drug-likeness (QED) is 0.830. The van der Waals surface area contributed by atoms with Crippen LogP contribution in [0.3, 0.4) is 0 Å². The minimum atomic E-state index is 0.0481. The summed E-state index contributed by atoms with van der Waals surface area (Å²) in [5.41, 5.74) is 1.16. The molecule has 0 spiro atoms. The first-order valence-electron chi connectivity index (χ1n) is 6.46. The molecule has 0 amide bonds. The molecule has 1 N–H and O–H groups in total. The summed E-state index contributed by atoms with van der Waals surface area (Å²) in [6.07, 6.45) is 1.93. The maximum absolute atomic E-state index is 4.31. The number of hydrogen-bond donors (Lipinski definition) is 1. The van der Waals surface area contributed by atoms with Gasteiger partial charge in [-0.05, 0) is 31.4 Å². The summed E-state index contributed by atoms with van der Waals surface area (Å²) in [4.78, 5) is 1.27. The summed E-state index contributed by atoms with van der Waals surface area (Å²) in [5.74, 6) is 6.08. The molecule has 0 bridgehead atoms. The Morgan fingerprint density at radius 2 is 2.11 bits per heavy atom. The minimum absolute atomic E-state index is 0.0481. The number of rotatable bonds is 5. The van der Waals surface area contributed by atoms with Crippen LogP contribution >= 0.6 is 11.5 Å². The first-order valence-corrected chi connectivity index (χ1v) is 7.23. The highest BCUT2D eigenvalue weighted by molar-refractivity contribution is 7.05. The second kappa shape index (κ2) is 6.86. The second-order valence-electron chi connectivity index (χ2n) is 5.31. The van der Waals surface area contributed by atoms with Crippen LogP contribution in [0.25, 0.3) is 0 Å². The minimum Gasteiger partial charge on any atom is -0.309 e. The van der Waals surface area contributed by atoms with Crippen molar-refractivity contribution in [2.24, 2.45) is 0 Å². The lowest BCUT2D eigenvalue weighted by molar-refractivity contribution is 0.499. The van der Waals surface area contributed by atoms with E-state index >= 15 is 0 Å². The highest BCUT2D eigenvalue weighted by atomic mass is 32.1. The molecule has 0 aromatic carbocycles. The van der Waals surface area contributed by atoms with Gasteiger partial charge in [0.25, 0.3) is 0 Å². The Morgan fingerprint density at radius 1 is 1.39 bits per heavy atom. The zero-order valence-electron chi connectivity index (χ0n) is 12.0. The molecular weight excluding hydrogens is 242 g/mol. The largest absolute Gasteiger partial charge is 0.309 e. The van der Waals surface area contributed by atoms with Gasteiger partial charge < -0.3 is 5.32 Å². The monoisotopic (exact) mass is 265 g/mol. The molecule has 1 aromatic rings. The van der Waals surface area contributed by atoms with Gasteiger partial charge in [0.1, 0.15) is 0 Å². The van der Waals surface area contributed by atoms with Crippen molar-refractivity contribution in [2.45, 2.75) is 58.9 Å². The van der Waals surface area contributed by atoms with Gasteiger partial charge in [0.05, 0.1) is 10.6 Å². The second-order valence-corrected chi connectivity index (χ2v) is 6.10. The Hall–Kier alpha value is -0.920. The van der Waals surface area contributed by atoms with E-state index in [1.165, 1.54) is 16.4 Å². The third-order valence-electron chi connectivity index (χ3n) is 2.73. The van der Waals surface area contributed by atoms with Crippen molar-refractivity contribution < 1.29 is 0 Å². The van der Waals surface area contributed by atoms with E-state index < -0.39 is 0 Å². The smallest absolute Gasteiger partial charge is 0.0857 e. The summed E-state index contributed by atoms with van der Waals surface area (Å²) in [5, 5.41) is 7.83. The van der Waals surface area contributed by atoms with Crippen molar-refractivity contribution in [3.05, 3.63) is 10.6 Å². The third-order valence-corrected chi connectivity index (χ3v) is 3.56. The van der Waals surface area contributed by atoms with E-state index in [9.17, 15) is 0 Å². The maximum Gasteiger partial charge on any atom is 0.0857 e. The van der Waals surface area contributed by atoms with Crippen LogP contribution in [0.1, 0.15) is 64.1 Å². The highest BCUT2D eigenvalue weighted by Crippen LogP contribution is 2.32. The fraction of sp³-hybridized carbons (Fsp3) is 0.714. The Balaban J connectivity index is 2.90. The molecular formula is C14H23N3S. The zero-order chi connectivity index (χ0) is 13.6. The van der Waals surface area contributed by atoms with Crippen LogP contribution in [-0.2, 0) is 5.41 Å². The first-order chi connectivity index (χ1) is 8.50. The molecule has 0 radical (unpaired) electrons. The molecule has 0 aliphatic rings. The summed E-state index contributed by atoms with van der Waals surface area (Å²) in [6, 6.07) is 0.324. The molecule has 3 nitrogen and oxygen atoms in total. The van der Waals surface area contributed by atoms with Crippen LogP contribution in [0.5, 0.6) is 0 Å². The van der Waals surface area contributed by atoms with E-state index in [2.05, 4.69) is 54.4 Å². The zero-order valence-corrected chi connectivity index (χ0v) is 12.8. The topological polar surface area (TPSA) is 37.8 Å². The Kier molecular flexibility index (Phi) is 5.77. The lowest BCUT2D eigenvalue weighted by Crippen LogP contribution is -2.24. The number of hydrogen-bond acceptors (Lipinski definition) is 4. The summed E-state index contributed by atoms with van der Waals surface area (Å²) in [7, 11) is 0. The molecule has 0 aliphatic carbocycles. The Bertz CT molecular complexity index is 420. The Labute approximate surface area is 115 Å². The van der Waals surface area contributed by atoms with Crippen molar-refractivity contribution in [1.29, 1.82) is 0 Å². The molecule has 4 heteroatoms. The van der Waals surface area contributed by atoms with Gasteiger partial charge in [0.2, 0.25) is 0 Å². The fourth-order valence-electron chi connectivity index (χ4n) is 1.86. The normalized spacial score (nSPS) is 12.9. The molecule has 1 aromatic heterocycles. The Morgan fingerprint density at radius 3 is 2.67 bits per heavy atom. The van der Waals surface area contributed by atoms with Crippen molar-refractivity contribution in [3.8, 4) is 11.8 Å². The van der Waals surface area contributed by atoms with E-state index in [4.69, 9.17) is 0 Å². The summed E-state index contributed by atoms with van der Waals surface area (Å²) >= 11 is 1.51. The van der Waals surface area contributed by atoms with E-state index in [0.717, 1.165) is 25.1 Å². The molecule has 1 rings (SSSR count). The molecule has 1 unspecified atom stereocenters. The first kappa shape index (κ1) is 15.1. The average molecular weight is 265 g/mol. The van der Waals surface area contributed by atoms with Gasteiger partial charge in [0, 0.05) is 17.9 Å². The predicted molar refractivity (Wildman–Crippen MR) is 77.7 cm³/mol. The molecule has 0 aliphatic heterocycles. The van der Waals surface area contributed by atoms with E-state index in [1.807, 2.05) is 6.92 Å². The van der Waals surface area contributed by atoms with E-state index in [1.54, 1.807) is 0 Å². The van der Waals surface area contributed by atoms with Crippen molar-refractivity contribution >= 4 is 11.5 Å². The van der Waals surface area contributed by atoms with Gasteiger partial charge in [-0.15, -0.1) is 16.9 Å². The molecule has 1 heterocycles. The van der Waals surface area contributed by atoms with Gasteiger partial charge in [-0.1, -0.05) is 32.2 Å². The number of aromatic nitrogens is 2. The molecule has 0 fully saturated rings. The average Bonchev–Trinajstić information content (AvgIpc) is 2.76. The predicted octanol–water partition coefficient (Wildman–Crippen LogP) is 3.29. The van der Waals surface area contributed by atoms with Crippen LogP contribution in [-0.4, -0.2) is 16.1 Å². The SMILES string of the molecule is CC#CCCC(NCC)c1snnc1C(C)(C)C. The standard InChI is InChI=1S/C14H23N3S/c1-6-8-9-10-11(15-7-2)12-13(14(3,4)5)16-17-18-12/h11,15H,7,9-10H2,1-5H3. The molecule has 18 heavy (non-hydrogen) atoms. The number of nitrogens with zero attached hydrogens (tertiary/aromatic N) is 2. The summed E-state index contributed by atoms with van der Waals surface area (Å²) < 4.78 is 4.14. The molecule has 0 saturated carbocycles.